The van der Waals surface area contributed by atoms with Crippen LogP contribution in [0.3, 0.4) is 0 Å². The predicted molar refractivity (Wildman–Crippen MR) is 309 cm³/mol. The Hall–Kier alpha value is -2.98. The number of aromatic nitrogens is 4. The van der Waals surface area contributed by atoms with Gasteiger partial charge >= 0.3 is 0 Å². The summed E-state index contributed by atoms with van der Waals surface area (Å²) in [5.41, 5.74) is 6.22. The van der Waals surface area contributed by atoms with Crippen molar-refractivity contribution in [2.45, 2.75) is 176 Å². The Morgan fingerprint density at radius 2 is 0.797 bits per heavy atom. The molecule has 3 heterocycles. The van der Waals surface area contributed by atoms with E-state index in [4.69, 9.17) is 18.9 Å². The van der Waals surface area contributed by atoms with Crippen molar-refractivity contribution < 1.29 is 18.9 Å². The molecular formula is C61H101BrN8O4. The molecule has 0 aliphatic carbocycles. The smallest absolute Gasteiger partial charge is 0.0743 e. The highest BCUT2D eigenvalue weighted by Crippen LogP contribution is 2.22. The van der Waals surface area contributed by atoms with Crippen LogP contribution in [0.25, 0.3) is 0 Å². The number of ether oxygens (including phenoxy) is 4. The fourth-order valence-corrected chi connectivity index (χ4v) is 11.0. The minimum Gasteiger partial charge on any atom is -0.376 e. The van der Waals surface area contributed by atoms with Crippen molar-refractivity contribution in [1.82, 2.24) is 39.2 Å². The van der Waals surface area contributed by atoms with E-state index >= 15 is 0 Å². The number of halogens is 1. The van der Waals surface area contributed by atoms with Gasteiger partial charge in [-0.3, -0.25) is 29.0 Å². The summed E-state index contributed by atoms with van der Waals surface area (Å²) in [5, 5.41) is 9.01. The van der Waals surface area contributed by atoms with E-state index in [1.165, 1.54) is 27.8 Å². The molecule has 0 unspecified atom stereocenters. The average Bonchev–Trinajstić information content (AvgIpc) is 3.94. The van der Waals surface area contributed by atoms with Crippen LogP contribution in [-0.4, -0.2) is 169 Å². The summed E-state index contributed by atoms with van der Waals surface area (Å²) in [4.78, 5) is 10.0. The molecule has 74 heavy (non-hydrogen) atoms. The normalized spacial score (nSPS) is 25.4. The number of aryl methyl sites for hydroxylation is 1. The molecule has 0 radical (unpaired) electrons. The van der Waals surface area contributed by atoms with Crippen LogP contribution in [0.1, 0.15) is 123 Å². The van der Waals surface area contributed by atoms with Crippen molar-refractivity contribution >= 4 is 15.9 Å². The van der Waals surface area contributed by atoms with Crippen molar-refractivity contribution in [3.8, 4) is 0 Å². The molecule has 13 heteroatoms. The van der Waals surface area contributed by atoms with Crippen molar-refractivity contribution in [2.75, 3.05) is 80.8 Å². The van der Waals surface area contributed by atoms with Gasteiger partial charge in [0.25, 0.3) is 0 Å². The second kappa shape index (κ2) is 31.4. The highest BCUT2D eigenvalue weighted by atomic mass is 79.9. The summed E-state index contributed by atoms with van der Waals surface area (Å²) in [6.07, 6.45) is 13.8. The van der Waals surface area contributed by atoms with Crippen molar-refractivity contribution in [3.63, 3.8) is 0 Å². The van der Waals surface area contributed by atoms with Crippen molar-refractivity contribution in [2.24, 2.45) is 23.7 Å². The van der Waals surface area contributed by atoms with Crippen molar-refractivity contribution in [1.29, 1.82) is 0 Å². The lowest BCUT2D eigenvalue weighted by atomic mass is 10.0. The van der Waals surface area contributed by atoms with E-state index in [0.717, 1.165) is 82.3 Å². The monoisotopic (exact) mass is 1090 g/mol. The number of benzene rings is 2. The number of hydrogen-bond donors (Lipinski definition) is 0. The van der Waals surface area contributed by atoms with Gasteiger partial charge in [0.05, 0.1) is 80.8 Å². The lowest BCUT2D eigenvalue weighted by Crippen LogP contribution is -2.47. The summed E-state index contributed by atoms with van der Waals surface area (Å²) in [7, 11) is 9.10. The van der Waals surface area contributed by atoms with Crippen LogP contribution in [0.5, 0.6) is 0 Å². The molecule has 2 aromatic heterocycles. The van der Waals surface area contributed by atoms with Gasteiger partial charge in [-0.2, -0.15) is 10.2 Å². The summed E-state index contributed by atoms with van der Waals surface area (Å²) in [6, 6.07) is 19.1. The molecule has 416 valence electrons. The number of nitrogens with zero attached hydrogens (tertiary/aromatic N) is 8. The van der Waals surface area contributed by atoms with Crippen LogP contribution in [-0.2, 0) is 44.9 Å². The molecule has 4 aromatic rings. The quantitative estimate of drug-likeness (QED) is 0.108. The molecule has 0 saturated carbocycles. The van der Waals surface area contributed by atoms with E-state index in [2.05, 4.69) is 205 Å². The Morgan fingerprint density at radius 1 is 0.473 bits per heavy atom. The maximum atomic E-state index is 7.18. The summed E-state index contributed by atoms with van der Waals surface area (Å²) in [5.74, 6) is 2.10. The second-order valence-electron chi connectivity index (χ2n) is 24.2. The van der Waals surface area contributed by atoms with E-state index in [1.54, 1.807) is 0 Å². The molecule has 0 N–H and O–H groups in total. The van der Waals surface area contributed by atoms with Crippen LogP contribution in [0.15, 0.2) is 77.8 Å². The third-order valence-corrected chi connectivity index (χ3v) is 15.2. The first-order valence-corrected chi connectivity index (χ1v) is 29.1. The first-order chi connectivity index (χ1) is 35.2. The number of likely N-dealkylation sites (N-methyl/N-ethyl adjacent to an activating group) is 4. The van der Waals surface area contributed by atoms with Crippen LogP contribution < -0.4 is 0 Å². The highest BCUT2D eigenvalue weighted by Gasteiger charge is 2.29. The highest BCUT2D eigenvalue weighted by molar-refractivity contribution is 9.10. The lowest BCUT2D eigenvalue weighted by molar-refractivity contribution is -0.0536. The van der Waals surface area contributed by atoms with Gasteiger partial charge in [0.15, 0.2) is 0 Å². The van der Waals surface area contributed by atoms with E-state index in [0.29, 0.717) is 50.1 Å². The zero-order valence-electron chi connectivity index (χ0n) is 48.8. The van der Waals surface area contributed by atoms with Crippen LogP contribution in [0.4, 0.5) is 0 Å². The third kappa shape index (κ3) is 22.5. The molecule has 0 bridgehead atoms. The van der Waals surface area contributed by atoms with Gasteiger partial charge < -0.3 is 18.9 Å². The minimum atomic E-state index is -0.00207. The van der Waals surface area contributed by atoms with Gasteiger partial charge in [-0.1, -0.05) is 104 Å². The van der Waals surface area contributed by atoms with Gasteiger partial charge in [-0.15, -0.1) is 0 Å². The minimum absolute atomic E-state index is 0.00207. The van der Waals surface area contributed by atoms with Crippen LogP contribution in [0, 0.1) is 30.6 Å². The Kier molecular flexibility index (Phi) is 26.3. The van der Waals surface area contributed by atoms with E-state index in [9.17, 15) is 0 Å². The first kappa shape index (κ1) is 61.9. The van der Waals surface area contributed by atoms with E-state index in [1.807, 2.05) is 28.0 Å². The maximum Gasteiger partial charge on any atom is 0.0743 e. The lowest BCUT2D eigenvalue weighted by Gasteiger charge is -2.37. The van der Waals surface area contributed by atoms with Crippen LogP contribution in [0.2, 0.25) is 0 Å². The Balaban J connectivity index is 1.40. The molecule has 1 aliphatic rings. The number of hydrogen-bond acceptors (Lipinski definition) is 10. The molecule has 0 spiro atoms. The molecular weight excluding hydrogens is 989 g/mol. The SMILES string of the molecule is Cc1cnn(Cc2ccc(C[C@@H]3CN(C)[C@@H](CC(C)C)CO[C@H](C)CN(C)[C@@H](CC(C)C)CO[C@H](Cc4ccc(Cn5cc(Br)cn5)cc4)CN(C)[C@@H](CC(C)C)CO[C@H](C)CN(C)[C@@H](CC(C)C)CO3)cc2)c1. The van der Waals surface area contributed by atoms with Gasteiger partial charge in [0.1, 0.15) is 0 Å². The summed E-state index contributed by atoms with van der Waals surface area (Å²) >= 11 is 3.54. The fourth-order valence-electron chi connectivity index (χ4n) is 10.7. The van der Waals surface area contributed by atoms with Gasteiger partial charge in [0, 0.05) is 62.7 Å². The predicted octanol–water partition coefficient (Wildman–Crippen LogP) is 11.0. The van der Waals surface area contributed by atoms with Crippen molar-refractivity contribution in [3.05, 3.63) is 106 Å². The third-order valence-electron chi connectivity index (χ3n) is 14.8. The zero-order valence-corrected chi connectivity index (χ0v) is 50.3. The molecule has 1 aliphatic heterocycles. The molecule has 2 aromatic carbocycles. The molecule has 0 amide bonds. The number of rotatable bonds is 16. The second-order valence-corrected chi connectivity index (χ2v) is 25.1. The standard InChI is InChI=1S/C61H101BrN8O4/c1-44(2)24-56-40-71-50(11)34-66(13)59(27-47(7)8)43-74-61(29-52-18-22-54(23-19-52)36-70-37-55(62)31-64-70)39-68(15)57(25-45(3)4)41-72-49(10)33-65(12)58(26-46(5)6)42-73-60(38-67(56)14)28-51-16-20-53(21-17-51)35-69-32-48(9)30-63-69/h16-23,30-32,37,44-47,49-50,56-61H,24-29,33-36,38-43H2,1-15H3/t49-,50-,56+,57+,58+,59+,60-,61-/m1/s1. The molecule has 1 saturated heterocycles. The first-order valence-electron chi connectivity index (χ1n) is 28.3. The Labute approximate surface area is 458 Å². The van der Waals surface area contributed by atoms with Crippen LogP contribution >= 0.6 is 15.9 Å². The summed E-state index contributed by atoms with van der Waals surface area (Å²) in [6.45, 7) is 32.7. The molecule has 12 nitrogen and oxygen atoms in total. The Bertz CT molecular complexity index is 1960. The maximum absolute atomic E-state index is 7.18. The largest absolute Gasteiger partial charge is 0.376 e. The fraction of sp³-hybridized carbons (Fsp3) is 0.705. The molecule has 1 fully saturated rings. The molecule has 5 rings (SSSR count). The van der Waals surface area contributed by atoms with E-state index in [-0.39, 0.29) is 48.6 Å². The van der Waals surface area contributed by atoms with Gasteiger partial charge in [-0.25, -0.2) is 0 Å². The topological polar surface area (TPSA) is 85.5 Å². The summed E-state index contributed by atoms with van der Waals surface area (Å²) < 4.78 is 33.1. The Morgan fingerprint density at radius 3 is 1.12 bits per heavy atom. The van der Waals surface area contributed by atoms with E-state index < -0.39 is 0 Å². The zero-order chi connectivity index (χ0) is 53.9. The molecule has 8 atom stereocenters. The van der Waals surface area contributed by atoms with Gasteiger partial charge in [0.2, 0.25) is 0 Å². The average molecular weight is 1090 g/mol. The van der Waals surface area contributed by atoms with Gasteiger partial charge in [-0.05, 0) is 155 Å².